The summed E-state index contributed by atoms with van der Waals surface area (Å²) >= 11 is 1.64. The second kappa shape index (κ2) is 4.23. The first kappa shape index (κ1) is 9.21. The molecule has 0 amide bonds. The first-order valence-electron chi connectivity index (χ1n) is 4.55. The summed E-state index contributed by atoms with van der Waals surface area (Å²) in [6.45, 7) is 2.85. The Morgan fingerprint density at radius 1 is 1.57 bits per heavy atom. The van der Waals surface area contributed by atoms with Gasteiger partial charge in [0.1, 0.15) is 0 Å². The van der Waals surface area contributed by atoms with Crippen LogP contribution in [0.3, 0.4) is 0 Å². The Morgan fingerprint density at radius 3 is 3.14 bits per heavy atom. The molecule has 0 aliphatic heterocycles. The predicted molar refractivity (Wildman–Crippen MR) is 57.4 cm³/mol. The molecule has 0 aliphatic carbocycles. The van der Waals surface area contributed by atoms with Gasteiger partial charge in [0, 0.05) is 11.6 Å². The summed E-state index contributed by atoms with van der Waals surface area (Å²) < 4.78 is 0. The number of aromatic amines is 1. The molecule has 0 saturated carbocycles. The SMILES string of the molecule is CCc1csc(NCc2ccn[nH]2)n1. The van der Waals surface area contributed by atoms with Gasteiger partial charge in [0.2, 0.25) is 0 Å². The molecule has 2 aromatic rings. The van der Waals surface area contributed by atoms with E-state index in [1.54, 1.807) is 17.5 Å². The monoisotopic (exact) mass is 208 g/mol. The van der Waals surface area contributed by atoms with E-state index in [1.807, 2.05) is 6.07 Å². The molecule has 0 bridgehead atoms. The topological polar surface area (TPSA) is 53.6 Å². The number of nitrogens with zero attached hydrogens (tertiary/aromatic N) is 2. The lowest BCUT2D eigenvalue weighted by Crippen LogP contribution is -1.99. The van der Waals surface area contributed by atoms with Crippen molar-refractivity contribution < 1.29 is 0 Å². The van der Waals surface area contributed by atoms with Gasteiger partial charge < -0.3 is 5.32 Å². The Balaban J connectivity index is 1.92. The van der Waals surface area contributed by atoms with E-state index in [-0.39, 0.29) is 0 Å². The summed E-state index contributed by atoms with van der Waals surface area (Å²) in [5.74, 6) is 0. The van der Waals surface area contributed by atoms with E-state index in [2.05, 4.69) is 32.8 Å². The quantitative estimate of drug-likeness (QED) is 0.808. The molecule has 2 heterocycles. The summed E-state index contributed by atoms with van der Waals surface area (Å²) in [4.78, 5) is 4.40. The highest BCUT2D eigenvalue weighted by molar-refractivity contribution is 7.13. The van der Waals surface area contributed by atoms with Gasteiger partial charge in [-0.3, -0.25) is 5.10 Å². The lowest BCUT2D eigenvalue weighted by Gasteiger charge is -1.98. The maximum absolute atomic E-state index is 4.40. The molecule has 0 fully saturated rings. The molecule has 5 heteroatoms. The lowest BCUT2D eigenvalue weighted by atomic mass is 10.4. The molecular formula is C9H12N4S. The predicted octanol–water partition coefficient (Wildman–Crippen LogP) is 2.04. The summed E-state index contributed by atoms with van der Waals surface area (Å²) in [5.41, 5.74) is 2.21. The van der Waals surface area contributed by atoms with E-state index >= 15 is 0 Å². The van der Waals surface area contributed by atoms with Crippen LogP contribution in [-0.4, -0.2) is 15.2 Å². The second-order valence-electron chi connectivity index (χ2n) is 2.93. The van der Waals surface area contributed by atoms with Crippen LogP contribution in [0, 0.1) is 0 Å². The number of nitrogens with one attached hydrogen (secondary N) is 2. The van der Waals surface area contributed by atoms with Crippen molar-refractivity contribution in [3.05, 3.63) is 29.0 Å². The third-order valence-corrected chi connectivity index (χ3v) is 2.75. The molecular weight excluding hydrogens is 196 g/mol. The van der Waals surface area contributed by atoms with Gasteiger partial charge >= 0.3 is 0 Å². The fraction of sp³-hybridized carbons (Fsp3) is 0.333. The minimum absolute atomic E-state index is 0.747. The van der Waals surface area contributed by atoms with Gasteiger partial charge in [-0.05, 0) is 12.5 Å². The number of aromatic nitrogens is 3. The Labute approximate surface area is 86.4 Å². The Kier molecular flexibility index (Phi) is 2.78. The van der Waals surface area contributed by atoms with Crippen molar-refractivity contribution in [2.75, 3.05) is 5.32 Å². The third kappa shape index (κ3) is 2.11. The van der Waals surface area contributed by atoms with Crippen LogP contribution in [0.5, 0.6) is 0 Å². The van der Waals surface area contributed by atoms with Gasteiger partial charge in [-0.15, -0.1) is 11.3 Å². The number of anilines is 1. The van der Waals surface area contributed by atoms with Gasteiger partial charge in [-0.2, -0.15) is 5.10 Å². The molecule has 0 unspecified atom stereocenters. The molecule has 0 saturated heterocycles. The summed E-state index contributed by atoms with van der Waals surface area (Å²) in [6.07, 6.45) is 2.73. The van der Waals surface area contributed by atoms with Crippen LogP contribution in [0.4, 0.5) is 5.13 Å². The van der Waals surface area contributed by atoms with Crippen molar-refractivity contribution in [1.29, 1.82) is 0 Å². The zero-order valence-corrected chi connectivity index (χ0v) is 8.77. The van der Waals surface area contributed by atoms with E-state index in [1.165, 1.54) is 0 Å². The maximum atomic E-state index is 4.40. The molecule has 0 atom stereocenters. The summed E-state index contributed by atoms with van der Waals surface area (Å²) in [7, 11) is 0. The number of rotatable bonds is 4. The van der Waals surface area contributed by atoms with Crippen LogP contribution in [0.1, 0.15) is 18.3 Å². The van der Waals surface area contributed by atoms with Gasteiger partial charge in [-0.1, -0.05) is 6.92 Å². The summed E-state index contributed by atoms with van der Waals surface area (Å²) in [6, 6.07) is 1.95. The fourth-order valence-corrected chi connectivity index (χ4v) is 1.90. The molecule has 2 aromatic heterocycles. The van der Waals surface area contributed by atoms with Crippen LogP contribution in [0.25, 0.3) is 0 Å². The molecule has 4 nitrogen and oxygen atoms in total. The fourth-order valence-electron chi connectivity index (χ4n) is 1.10. The highest BCUT2D eigenvalue weighted by Crippen LogP contribution is 2.16. The second-order valence-corrected chi connectivity index (χ2v) is 3.79. The van der Waals surface area contributed by atoms with E-state index in [0.29, 0.717) is 0 Å². The van der Waals surface area contributed by atoms with Crippen molar-refractivity contribution >= 4 is 16.5 Å². The Hall–Kier alpha value is -1.36. The first-order chi connectivity index (χ1) is 6.88. The Morgan fingerprint density at radius 2 is 2.50 bits per heavy atom. The molecule has 0 spiro atoms. The highest BCUT2D eigenvalue weighted by atomic mass is 32.1. The van der Waals surface area contributed by atoms with E-state index < -0.39 is 0 Å². The minimum Gasteiger partial charge on any atom is -0.356 e. The zero-order valence-electron chi connectivity index (χ0n) is 7.95. The van der Waals surface area contributed by atoms with Crippen LogP contribution in [0.2, 0.25) is 0 Å². The molecule has 2 rings (SSSR count). The van der Waals surface area contributed by atoms with E-state index in [9.17, 15) is 0 Å². The number of hydrogen-bond acceptors (Lipinski definition) is 4. The smallest absolute Gasteiger partial charge is 0.183 e. The zero-order chi connectivity index (χ0) is 9.80. The molecule has 0 aromatic carbocycles. The van der Waals surface area contributed by atoms with Crippen molar-refractivity contribution in [1.82, 2.24) is 15.2 Å². The number of hydrogen-bond donors (Lipinski definition) is 2. The largest absolute Gasteiger partial charge is 0.356 e. The minimum atomic E-state index is 0.747. The third-order valence-electron chi connectivity index (χ3n) is 1.90. The highest BCUT2D eigenvalue weighted by Gasteiger charge is 1.99. The first-order valence-corrected chi connectivity index (χ1v) is 5.43. The van der Waals surface area contributed by atoms with Crippen molar-refractivity contribution in [3.63, 3.8) is 0 Å². The normalized spacial score (nSPS) is 10.4. The van der Waals surface area contributed by atoms with Gasteiger partial charge in [0.05, 0.1) is 17.9 Å². The molecule has 74 valence electrons. The lowest BCUT2D eigenvalue weighted by molar-refractivity contribution is 0.974. The van der Waals surface area contributed by atoms with Crippen LogP contribution < -0.4 is 5.32 Å². The molecule has 0 aliphatic rings. The maximum Gasteiger partial charge on any atom is 0.183 e. The van der Waals surface area contributed by atoms with E-state index in [0.717, 1.165) is 29.5 Å². The van der Waals surface area contributed by atoms with Gasteiger partial charge in [-0.25, -0.2) is 4.98 Å². The van der Waals surface area contributed by atoms with Gasteiger partial charge in [0.15, 0.2) is 5.13 Å². The van der Waals surface area contributed by atoms with E-state index in [4.69, 9.17) is 0 Å². The molecule has 2 N–H and O–H groups in total. The molecule has 0 radical (unpaired) electrons. The molecule has 14 heavy (non-hydrogen) atoms. The number of H-pyrrole nitrogens is 1. The van der Waals surface area contributed by atoms with Gasteiger partial charge in [0.25, 0.3) is 0 Å². The van der Waals surface area contributed by atoms with Crippen molar-refractivity contribution in [2.45, 2.75) is 19.9 Å². The Bertz CT molecular complexity index is 379. The van der Waals surface area contributed by atoms with Crippen LogP contribution >= 0.6 is 11.3 Å². The standard InChI is InChI=1S/C9H12N4S/c1-2-7-6-14-9(12-7)10-5-8-3-4-11-13-8/h3-4,6H,2,5H2,1H3,(H,10,12)(H,11,13). The van der Waals surface area contributed by atoms with Crippen molar-refractivity contribution in [2.24, 2.45) is 0 Å². The number of thiazole rings is 1. The average Bonchev–Trinajstić information content (AvgIpc) is 2.86. The van der Waals surface area contributed by atoms with Crippen molar-refractivity contribution in [3.8, 4) is 0 Å². The van der Waals surface area contributed by atoms with Crippen LogP contribution in [-0.2, 0) is 13.0 Å². The summed E-state index contributed by atoms with van der Waals surface area (Å²) in [5, 5.41) is 13.1. The van der Waals surface area contributed by atoms with Crippen LogP contribution in [0.15, 0.2) is 17.6 Å². The average molecular weight is 208 g/mol. The number of aryl methyl sites for hydroxylation is 1.